The van der Waals surface area contributed by atoms with Crippen molar-refractivity contribution in [3.05, 3.63) is 30.1 Å². The summed E-state index contributed by atoms with van der Waals surface area (Å²) in [5, 5.41) is 0. The predicted molar refractivity (Wildman–Crippen MR) is 50.2 cm³/mol. The molecule has 2 N–H and O–H groups in total. The van der Waals surface area contributed by atoms with Gasteiger partial charge in [-0.05, 0) is 6.07 Å². The number of aromatic nitrogens is 1. The third-order valence-electron chi connectivity index (χ3n) is 1.84. The molecule has 1 amide bonds. The van der Waals surface area contributed by atoms with Crippen molar-refractivity contribution < 1.29 is 9.36 Å². The summed E-state index contributed by atoms with van der Waals surface area (Å²) in [5.74, 6) is -0.393. The zero-order valence-corrected chi connectivity index (χ0v) is 8.24. The number of pyridine rings is 1. The molecule has 0 aliphatic heterocycles. The molecule has 1 aromatic heterocycles. The Kier molecular flexibility index (Phi) is 2.36. The quantitative estimate of drug-likeness (QED) is 0.638. The second kappa shape index (κ2) is 3.17. The van der Waals surface area contributed by atoms with Crippen LogP contribution >= 0.6 is 0 Å². The van der Waals surface area contributed by atoms with Gasteiger partial charge in [-0.3, -0.25) is 4.79 Å². The molecular formula is C10H15N2O+. The van der Waals surface area contributed by atoms with Crippen LogP contribution in [0.15, 0.2) is 24.4 Å². The Bertz CT molecular complexity index is 326. The summed E-state index contributed by atoms with van der Waals surface area (Å²) < 4.78 is 1.87. The number of carbonyl (C=O) groups excluding carboxylic acids is 1. The van der Waals surface area contributed by atoms with Gasteiger partial charge >= 0.3 is 5.91 Å². The van der Waals surface area contributed by atoms with Gasteiger partial charge in [0.1, 0.15) is 0 Å². The number of nitrogens with zero attached hydrogens (tertiary/aromatic N) is 1. The average Bonchev–Trinajstić information content (AvgIpc) is 2.03. The van der Waals surface area contributed by atoms with Crippen LogP contribution in [0.5, 0.6) is 0 Å². The molecule has 1 heterocycles. The third-order valence-corrected chi connectivity index (χ3v) is 1.84. The smallest absolute Gasteiger partial charge is 0.313 e. The van der Waals surface area contributed by atoms with E-state index in [1.165, 1.54) is 0 Å². The molecule has 0 fully saturated rings. The minimum Gasteiger partial charge on any atom is -0.360 e. The maximum atomic E-state index is 11.1. The largest absolute Gasteiger partial charge is 0.360 e. The van der Waals surface area contributed by atoms with E-state index < -0.39 is 5.91 Å². The first kappa shape index (κ1) is 9.71. The van der Waals surface area contributed by atoms with E-state index in [1.54, 1.807) is 6.07 Å². The van der Waals surface area contributed by atoms with E-state index in [0.717, 1.165) is 0 Å². The lowest BCUT2D eigenvalue weighted by Gasteiger charge is -2.14. The van der Waals surface area contributed by atoms with E-state index >= 15 is 0 Å². The lowest BCUT2D eigenvalue weighted by molar-refractivity contribution is -0.755. The van der Waals surface area contributed by atoms with Crippen molar-refractivity contribution in [3.63, 3.8) is 0 Å². The fourth-order valence-corrected chi connectivity index (χ4v) is 1.23. The molecule has 0 aliphatic carbocycles. The van der Waals surface area contributed by atoms with Gasteiger partial charge in [-0.25, -0.2) is 0 Å². The maximum absolute atomic E-state index is 11.1. The second-order valence-corrected chi connectivity index (χ2v) is 3.99. The Balaban J connectivity index is 3.28. The first-order valence-electron chi connectivity index (χ1n) is 4.24. The summed E-state index contributed by atoms with van der Waals surface area (Å²) in [5.41, 5.74) is 5.67. The van der Waals surface area contributed by atoms with Gasteiger partial charge in [0.15, 0.2) is 11.7 Å². The molecule has 0 radical (unpaired) electrons. The van der Waals surface area contributed by atoms with Crippen LogP contribution in [0, 0.1) is 0 Å². The van der Waals surface area contributed by atoms with Gasteiger partial charge in [-0.2, -0.15) is 4.57 Å². The molecule has 1 rings (SSSR count). The highest BCUT2D eigenvalue weighted by Gasteiger charge is 2.27. The summed E-state index contributed by atoms with van der Waals surface area (Å²) in [6.07, 6.45) is 1.86. The van der Waals surface area contributed by atoms with Gasteiger partial charge < -0.3 is 5.73 Å². The van der Waals surface area contributed by atoms with Crippen LogP contribution in [0.3, 0.4) is 0 Å². The van der Waals surface area contributed by atoms with E-state index in [4.69, 9.17) is 5.73 Å². The Morgan fingerprint density at radius 2 is 2.00 bits per heavy atom. The van der Waals surface area contributed by atoms with Gasteiger partial charge in [0.25, 0.3) is 5.69 Å². The van der Waals surface area contributed by atoms with Crippen LogP contribution in [0.1, 0.15) is 31.3 Å². The summed E-state index contributed by atoms with van der Waals surface area (Å²) in [6.45, 7) is 6.08. The van der Waals surface area contributed by atoms with Crippen LogP contribution in [0.2, 0.25) is 0 Å². The zero-order valence-electron chi connectivity index (χ0n) is 8.24. The molecule has 0 saturated heterocycles. The number of carbonyl (C=O) groups is 1. The second-order valence-electron chi connectivity index (χ2n) is 3.99. The topological polar surface area (TPSA) is 47.0 Å². The van der Waals surface area contributed by atoms with Crippen LogP contribution in [-0.4, -0.2) is 5.91 Å². The molecule has 0 saturated carbocycles. The van der Waals surface area contributed by atoms with Crippen LogP contribution in [-0.2, 0) is 5.54 Å². The van der Waals surface area contributed by atoms with Crippen LogP contribution < -0.4 is 10.3 Å². The van der Waals surface area contributed by atoms with Gasteiger partial charge in [-0.1, -0.05) is 0 Å². The number of hydrogen-bond donors (Lipinski definition) is 1. The standard InChI is InChI=1S/C10H14N2O/c1-10(2,3)12-7-5-4-6-8(12)9(11)13/h4-7H,1-3H3,(H-,11,13)/p+1. The Morgan fingerprint density at radius 1 is 1.38 bits per heavy atom. The highest BCUT2D eigenvalue weighted by Crippen LogP contribution is 2.05. The molecule has 0 bridgehead atoms. The average molecular weight is 179 g/mol. The lowest BCUT2D eigenvalue weighted by atomic mass is 10.1. The van der Waals surface area contributed by atoms with Crippen molar-refractivity contribution in [3.8, 4) is 0 Å². The minimum atomic E-state index is -0.393. The molecule has 0 unspecified atom stereocenters. The summed E-state index contributed by atoms with van der Waals surface area (Å²) in [7, 11) is 0. The number of primary amides is 1. The molecule has 0 aromatic carbocycles. The van der Waals surface area contributed by atoms with Crippen molar-refractivity contribution in [2.75, 3.05) is 0 Å². The Hall–Kier alpha value is -1.38. The van der Waals surface area contributed by atoms with Gasteiger partial charge in [0, 0.05) is 32.9 Å². The summed E-state index contributed by atoms with van der Waals surface area (Å²) >= 11 is 0. The fraction of sp³-hybridized carbons (Fsp3) is 0.400. The highest BCUT2D eigenvalue weighted by molar-refractivity contribution is 5.89. The normalized spacial score (nSPS) is 11.3. The molecule has 70 valence electrons. The molecule has 0 atom stereocenters. The van der Waals surface area contributed by atoms with Crippen LogP contribution in [0.4, 0.5) is 0 Å². The number of amides is 1. The van der Waals surface area contributed by atoms with Crippen molar-refractivity contribution in [1.82, 2.24) is 0 Å². The van der Waals surface area contributed by atoms with Crippen LogP contribution in [0.25, 0.3) is 0 Å². The van der Waals surface area contributed by atoms with Crippen molar-refractivity contribution in [2.24, 2.45) is 5.73 Å². The number of hydrogen-bond acceptors (Lipinski definition) is 1. The fourth-order valence-electron chi connectivity index (χ4n) is 1.23. The van der Waals surface area contributed by atoms with Gasteiger partial charge in [0.2, 0.25) is 0 Å². The Morgan fingerprint density at radius 3 is 2.38 bits per heavy atom. The van der Waals surface area contributed by atoms with E-state index in [2.05, 4.69) is 0 Å². The highest BCUT2D eigenvalue weighted by atomic mass is 16.1. The molecule has 13 heavy (non-hydrogen) atoms. The van der Waals surface area contributed by atoms with E-state index in [0.29, 0.717) is 5.69 Å². The van der Waals surface area contributed by atoms with Gasteiger partial charge in [-0.15, -0.1) is 0 Å². The molecule has 1 aromatic rings. The molecule has 0 aliphatic rings. The molecule has 3 nitrogen and oxygen atoms in total. The minimum absolute atomic E-state index is 0.119. The predicted octanol–water partition coefficient (Wildman–Crippen LogP) is 0.828. The third kappa shape index (κ3) is 2.05. The Labute approximate surface area is 78.2 Å². The monoisotopic (exact) mass is 179 g/mol. The summed E-state index contributed by atoms with van der Waals surface area (Å²) in [4.78, 5) is 11.1. The van der Waals surface area contributed by atoms with E-state index in [1.807, 2.05) is 43.7 Å². The molecular weight excluding hydrogens is 164 g/mol. The summed E-state index contributed by atoms with van der Waals surface area (Å²) in [6, 6.07) is 5.42. The van der Waals surface area contributed by atoms with Crippen molar-refractivity contribution >= 4 is 5.91 Å². The number of nitrogens with two attached hydrogens (primary N) is 1. The van der Waals surface area contributed by atoms with Crippen molar-refractivity contribution in [1.29, 1.82) is 0 Å². The lowest BCUT2D eigenvalue weighted by Crippen LogP contribution is -2.54. The van der Waals surface area contributed by atoms with E-state index in [9.17, 15) is 4.79 Å². The first-order valence-corrected chi connectivity index (χ1v) is 4.24. The molecule has 3 heteroatoms. The van der Waals surface area contributed by atoms with Crippen molar-refractivity contribution in [2.45, 2.75) is 26.3 Å². The first-order chi connectivity index (χ1) is 5.93. The van der Waals surface area contributed by atoms with Gasteiger partial charge in [0.05, 0.1) is 0 Å². The number of rotatable bonds is 1. The zero-order chi connectivity index (χ0) is 10.1. The SMILES string of the molecule is CC(C)(C)[n+]1ccccc1C(N)=O. The maximum Gasteiger partial charge on any atom is 0.313 e. The molecule has 0 spiro atoms. The van der Waals surface area contributed by atoms with E-state index in [-0.39, 0.29) is 5.54 Å².